The smallest absolute Gasteiger partial charge is 0.133 e. The van der Waals surface area contributed by atoms with Crippen molar-refractivity contribution >= 4 is 5.82 Å². The summed E-state index contributed by atoms with van der Waals surface area (Å²) in [5.41, 5.74) is 4.45. The van der Waals surface area contributed by atoms with E-state index in [9.17, 15) is 5.26 Å². The largest absolute Gasteiger partial charge is 0.412 e. The Labute approximate surface area is 181 Å². The molecule has 0 aromatic carbocycles. The zero-order valence-electron chi connectivity index (χ0n) is 17.5. The van der Waals surface area contributed by atoms with Gasteiger partial charge in [0.2, 0.25) is 0 Å². The molecule has 1 saturated heterocycles. The summed E-state index contributed by atoms with van der Waals surface area (Å²) < 4.78 is 2.21. The summed E-state index contributed by atoms with van der Waals surface area (Å²) in [5, 5.41) is 23.8. The van der Waals surface area contributed by atoms with E-state index in [2.05, 4.69) is 57.5 Å². The minimum atomic E-state index is -0.115. The third-order valence-corrected chi connectivity index (χ3v) is 5.48. The Morgan fingerprint density at radius 1 is 1.37 bits per heavy atom. The molecule has 4 rings (SSSR count). The van der Waals surface area contributed by atoms with Gasteiger partial charge in [-0.25, -0.2) is 9.97 Å². The summed E-state index contributed by atoms with van der Waals surface area (Å²) in [7, 11) is 0. The first-order valence-electron chi connectivity index (χ1n) is 10.0. The van der Waals surface area contributed by atoms with Gasteiger partial charge in [-0.05, 0) is 31.2 Å². The van der Waals surface area contributed by atoms with Crippen molar-refractivity contribution in [3.05, 3.63) is 29.8 Å². The third kappa shape index (κ3) is 4.98. The van der Waals surface area contributed by atoms with Crippen LogP contribution in [0.4, 0.5) is 5.82 Å². The quantitative estimate of drug-likeness (QED) is 0.699. The number of nitriles is 1. The van der Waals surface area contributed by atoms with Gasteiger partial charge < -0.3 is 25.8 Å². The lowest BCUT2D eigenvalue weighted by atomic mass is 9.89. The molecule has 1 atom stereocenters. The average molecular weight is 419 g/mol. The van der Waals surface area contributed by atoms with E-state index < -0.39 is 0 Å². The normalized spacial score (nSPS) is 18.0. The summed E-state index contributed by atoms with van der Waals surface area (Å²) in [6.45, 7) is 9.25. The van der Waals surface area contributed by atoms with Gasteiger partial charge in [0.15, 0.2) is 0 Å². The maximum Gasteiger partial charge on any atom is 0.133 e. The second kappa shape index (κ2) is 11.1. The van der Waals surface area contributed by atoms with E-state index in [1.54, 1.807) is 6.33 Å². The van der Waals surface area contributed by atoms with Crippen molar-refractivity contribution < 1.29 is 12.0 Å². The molecule has 30 heavy (non-hydrogen) atoms. The number of nitrogens with zero attached hydrogens (tertiary/aromatic N) is 4. The lowest BCUT2D eigenvalue weighted by Gasteiger charge is -2.42. The van der Waals surface area contributed by atoms with Gasteiger partial charge in [-0.15, -0.1) is 0 Å². The highest BCUT2D eigenvalue weighted by Crippen LogP contribution is 2.35. The lowest BCUT2D eigenvalue weighted by molar-refractivity contribution is 0.180. The molecule has 168 valence electrons. The summed E-state index contributed by atoms with van der Waals surface area (Å²) >= 11 is 0. The van der Waals surface area contributed by atoms with E-state index in [0.29, 0.717) is 18.9 Å². The highest BCUT2D eigenvalue weighted by molar-refractivity contribution is 5.71. The minimum Gasteiger partial charge on any atom is -0.412 e. The molecule has 2 aromatic heterocycles. The van der Waals surface area contributed by atoms with Crippen molar-refractivity contribution in [1.29, 1.82) is 5.26 Å². The summed E-state index contributed by atoms with van der Waals surface area (Å²) in [6.07, 6.45) is 8.35. The van der Waals surface area contributed by atoms with E-state index in [1.807, 2.05) is 6.92 Å². The van der Waals surface area contributed by atoms with Gasteiger partial charge in [-0.1, -0.05) is 21.3 Å². The summed E-state index contributed by atoms with van der Waals surface area (Å²) in [5.74, 6) is 1.53. The molecule has 8 nitrogen and oxygen atoms in total. The number of fused-ring (bicyclic) bond motifs is 1. The molecule has 0 spiro atoms. The Morgan fingerprint density at radius 3 is 2.63 bits per heavy atom. The van der Waals surface area contributed by atoms with Gasteiger partial charge in [0.1, 0.15) is 12.1 Å². The first-order chi connectivity index (χ1) is 13.5. The predicted molar refractivity (Wildman–Crippen MR) is 122 cm³/mol. The van der Waals surface area contributed by atoms with Gasteiger partial charge in [0.05, 0.1) is 23.7 Å². The van der Waals surface area contributed by atoms with Crippen molar-refractivity contribution in [1.82, 2.24) is 19.9 Å². The molecule has 8 heteroatoms. The van der Waals surface area contributed by atoms with E-state index in [0.717, 1.165) is 49.6 Å². The number of aliphatic hydroxyl groups is 1. The fourth-order valence-electron chi connectivity index (χ4n) is 3.72. The lowest BCUT2D eigenvalue weighted by Crippen LogP contribution is -2.60. The number of aromatic nitrogens is 3. The number of anilines is 1. The van der Waals surface area contributed by atoms with Crippen molar-refractivity contribution in [3.8, 4) is 17.3 Å². The van der Waals surface area contributed by atoms with Crippen LogP contribution in [0.5, 0.6) is 0 Å². The molecule has 0 aliphatic carbocycles. The molecule has 4 heterocycles. The average Bonchev–Trinajstić information content (AvgIpc) is 3.06. The first-order valence-corrected chi connectivity index (χ1v) is 10.0. The molecule has 1 unspecified atom stereocenters. The maximum atomic E-state index is 9.19. The van der Waals surface area contributed by atoms with Crippen LogP contribution in [0.25, 0.3) is 11.3 Å². The molecule has 2 aliphatic heterocycles. The minimum absolute atomic E-state index is 0. The molecule has 1 fully saturated rings. The standard InChI is InChI=1S/C18H22N6.C3H8O.CH4.H2O.H2/c1-12-5-14-16(22-11-23-17(14)21-6-12)15-8-24(7-13(15)2)18(3-4-19)9-20-10-18;1-2-3-4;;;/h7-8,11-12,20H,3,5-6,9-10H2,1-2H3,(H,21,22,23);4H,2-3H2,1H3;1H4;1H2;1H. The Balaban J connectivity index is 0.00000119. The zero-order valence-corrected chi connectivity index (χ0v) is 17.5. The van der Waals surface area contributed by atoms with Gasteiger partial charge >= 0.3 is 0 Å². The number of hydrogen-bond donors (Lipinski definition) is 3. The van der Waals surface area contributed by atoms with Crippen LogP contribution < -0.4 is 10.6 Å². The van der Waals surface area contributed by atoms with Gasteiger partial charge in [-0.3, -0.25) is 0 Å². The van der Waals surface area contributed by atoms with Crippen LogP contribution in [-0.2, 0) is 12.0 Å². The van der Waals surface area contributed by atoms with E-state index in [4.69, 9.17) is 5.11 Å². The van der Waals surface area contributed by atoms with Crippen LogP contribution in [0.2, 0.25) is 0 Å². The third-order valence-electron chi connectivity index (χ3n) is 5.48. The molecule has 0 bridgehead atoms. The molecular formula is C22H38N6O2. The number of nitrogens with one attached hydrogen (secondary N) is 2. The summed E-state index contributed by atoms with van der Waals surface area (Å²) in [4.78, 5) is 9.00. The summed E-state index contributed by atoms with van der Waals surface area (Å²) in [6, 6.07) is 2.34. The Kier molecular flexibility index (Phi) is 9.43. The van der Waals surface area contributed by atoms with Crippen LogP contribution in [0.1, 0.15) is 46.7 Å². The van der Waals surface area contributed by atoms with Crippen molar-refractivity contribution in [2.24, 2.45) is 5.92 Å². The second-order valence-corrected chi connectivity index (χ2v) is 7.89. The number of aliphatic hydroxyl groups excluding tert-OH is 1. The number of hydrogen-bond acceptors (Lipinski definition) is 6. The molecule has 0 amide bonds. The van der Waals surface area contributed by atoms with Crippen LogP contribution in [0.15, 0.2) is 18.7 Å². The van der Waals surface area contributed by atoms with E-state index >= 15 is 0 Å². The molecule has 0 saturated carbocycles. The zero-order chi connectivity index (χ0) is 20.1. The molecule has 0 radical (unpaired) electrons. The van der Waals surface area contributed by atoms with Crippen LogP contribution in [0, 0.1) is 24.2 Å². The van der Waals surface area contributed by atoms with Crippen LogP contribution >= 0.6 is 0 Å². The van der Waals surface area contributed by atoms with Gasteiger partial charge in [0.25, 0.3) is 0 Å². The van der Waals surface area contributed by atoms with Gasteiger partial charge in [0, 0.05) is 51.2 Å². The molecule has 5 N–H and O–H groups in total. The molecule has 2 aliphatic rings. The van der Waals surface area contributed by atoms with Crippen LogP contribution in [0.3, 0.4) is 0 Å². The predicted octanol–water partition coefficient (Wildman–Crippen LogP) is 2.52. The van der Waals surface area contributed by atoms with Crippen molar-refractivity contribution in [2.75, 3.05) is 31.6 Å². The monoisotopic (exact) mass is 418 g/mol. The number of aryl methyl sites for hydroxylation is 1. The van der Waals surface area contributed by atoms with Gasteiger partial charge in [-0.2, -0.15) is 5.26 Å². The topological polar surface area (TPSA) is 130 Å². The second-order valence-electron chi connectivity index (χ2n) is 7.89. The fourth-order valence-corrected chi connectivity index (χ4v) is 3.72. The Bertz CT molecular complexity index is 858. The SMILES string of the molecule is C.CCCO.Cc1cn(C2(CC#N)CNC2)cc1-c1ncnc2c1CC(C)CN2.O.[HH]. The highest BCUT2D eigenvalue weighted by atomic mass is 16.2. The number of rotatable bonds is 4. The highest BCUT2D eigenvalue weighted by Gasteiger charge is 2.39. The molecule has 2 aromatic rings. The Hall–Kier alpha value is -2.47. The van der Waals surface area contributed by atoms with Crippen molar-refractivity contribution in [3.63, 3.8) is 0 Å². The van der Waals surface area contributed by atoms with E-state index in [1.165, 1.54) is 11.1 Å². The first kappa shape index (κ1) is 25.6. The van der Waals surface area contributed by atoms with Crippen molar-refractivity contribution in [2.45, 2.75) is 53.0 Å². The fraction of sp³-hybridized carbons (Fsp3) is 0.591. The van der Waals surface area contributed by atoms with E-state index in [-0.39, 0.29) is 19.9 Å². The molecular weight excluding hydrogens is 380 g/mol. The Morgan fingerprint density at radius 2 is 2.07 bits per heavy atom. The van der Waals surface area contributed by atoms with Crippen LogP contribution in [-0.4, -0.2) is 51.4 Å². The maximum absolute atomic E-state index is 9.19.